The van der Waals surface area contributed by atoms with Gasteiger partial charge in [-0.1, -0.05) is 36.4 Å². The largest absolute Gasteiger partial charge is 0.329 e. The van der Waals surface area contributed by atoms with Gasteiger partial charge >= 0.3 is 0 Å². The molecule has 118 valence electrons. The highest BCUT2D eigenvalue weighted by atomic mass is 19.1. The summed E-state index contributed by atoms with van der Waals surface area (Å²) in [4.78, 5) is 14.3. The molecule has 0 saturated carbocycles. The molecule has 2 aromatic rings. The van der Waals surface area contributed by atoms with Gasteiger partial charge in [0.15, 0.2) is 0 Å². The van der Waals surface area contributed by atoms with E-state index >= 15 is 0 Å². The Kier molecular flexibility index (Phi) is 4.53. The molecule has 0 aliphatic carbocycles. The molecular weight excluding hydrogens is 291 g/mol. The fourth-order valence-electron chi connectivity index (χ4n) is 2.89. The Bertz CT molecular complexity index is 737. The number of amides is 1. The van der Waals surface area contributed by atoms with Gasteiger partial charge in [-0.3, -0.25) is 4.79 Å². The van der Waals surface area contributed by atoms with Gasteiger partial charge < -0.3 is 10.6 Å². The predicted octanol–water partition coefficient (Wildman–Crippen LogP) is 3.15. The number of anilines is 1. The number of rotatable bonds is 5. The fourth-order valence-corrected chi connectivity index (χ4v) is 2.89. The van der Waals surface area contributed by atoms with Gasteiger partial charge in [0.2, 0.25) is 0 Å². The molecule has 1 aliphatic heterocycles. The monoisotopic (exact) mass is 310 g/mol. The summed E-state index contributed by atoms with van der Waals surface area (Å²) in [6.07, 6.45) is 3.48. The average Bonchev–Trinajstić information content (AvgIpc) is 2.83. The standard InChI is InChI=1S/C19H19FN2O/c20-15-10-8-14(9-11-15)4-3-6-17-16-5-1-2-7-18(16)22(13-12-21)19(17)23/h1-2,5-11H,3-4,12-13,21H2/b17-6+. The second-order valence-corrected chi connectivity index (χ2v) is 5.55. The molecule has 0 spiro atoms. The van der Waals surface area contributed by atoms with Gasteiger partial charge in [-0.2, -0.15) is 0 Å². The van der Waals surface area contributed by atoms with Gasteiger partial charge in [-0.05, 0) is 36.6 Å². The minimum atomic E-state index is -0.232. The number of hydrogen-bond donors (Lipinski definition) is 1. The smallest absolute Gasteiger partial charge is 0.258 e. The van der Waals surface area contributed by atoms with Crippen LogP contribution < -0.4 is 10.6 Å². The molecule has 2 N–H and O–H groups in total. The zero-order valence-corrected chi connectivity index (χ0v) is 12.8. The maximum Gasteiger partial charge on any atom is 0.258 e. The van der Waals surface area contributed by atoms with Crippen LogP contribution >= 0.6 is 0 Å². The highest BCUT2D eigenvalue weighted by Gasteiger charge is 2.30. The second-order valence-electron chi connectivity index (χ2n) is 5.55. The summed E-state index contributed by atoms with van der Waals surface area (Å²) >= 11 is 0. The summed E-state index contributed by atoms with van der Waals surface area (Å²) in [5, 5.41) is 0. The van der Waals surface area contributed by atoms with Crippen molar-refractivity contribution in [3.8, 4) is 0 Å². The fraction of sp³-hybridized carbons (Fsp3) is 0.211. The van der Waals surface area contributed by atoms with Crippen molar-refractivity contribution in [2.75, 3.05) is 18.0 Å². The van der Waals surface area contributed by atoms with E-state index in [2.05, 4.69) is 0 Å². The third-order valence-corrected chi connectivity index (χ3v) is 4.01. The van der Waals surface area contributed by atoms with Crippen molar-refractivity contribution in [2.45, 2.75) is 12.8 Å². The zero-order chi connectivity index (χ0) is 16.2. The van der Waals surface area contributed by atoms with Gasteiger partial charge in [-0.15, -0.1) is 0 Å². The molecule has 0 unspecified atom stereocenters. The first-order chi connectivity index (χ1) is 11.2. The van der Waals surface area contributed by atoms with Crippen LogP contribution in [-0.2, 0) is 11.2 Å². The molecule has 3 nitrogen and oxygen atoms in total. The first-order valence-electron chi connectivity index (χ1n) is 7.76. The van der Waals surface area contributed by atoms with Crippen LogP contribution in [0.2, 0.25) is 0 Å². The minimum Gasteiger partial charge on any atom is -0.329 e. The molecule has 0 fully saturated rings. The molecule has 0 bridgehead atoms. The lowest BCUT2D eigenvalue weighted by Gasteiger charge is -2.15. The Morgan fingerprint density at radius 3 is 2.57 bits per heavy atom. The predicted molar refractivity (Wildman–Crippen MR) is 90.5 cm³/mol. The third-order valence-electron chi connectivity index (χ3n) is 4.01. The Balaban J connectivity index is 1.79. The number of fused-ring (bicyclic) bond motifs is 1. The molecule has 1 heterocycles. The van der Waals surface area contributed by atoms with Crippen molar-refractivity contribution < 1.29 is 9.18 Å². The van der Waals surface area contributed by atoms with Gasteiger partial charge in [0.25, 0.3) is 5.91 Å². The van der Waals surface area contributed by atoms with Crippen LogP contribution in [0.15, 0.2) is 54.6 Å². The first kappa shape index (κ1) is 15.4. The number of nitrogens with zero attached hydrogens (tertiary/aromatic N) is 1. The van der Waals surface area contributed by atoms with Crippen LogP contribution in [0.3, 0.4) is 0 Å². The Morgan fingerprint density at radius 2 is 1.83 bits per heavy atom. The van der Waals surface area contributed by atoms with Crippen LogP contribution in [0.1, 0.15) is 17.5 Å². The third kappa shape index (κ3) is 3.17. The summed E-state index contributed by atoms with van der Waals surface area (Å²) in [5.41, 5.74) is 9.30. The lowest BCUT2D eigenvalue weighted by Crippen LogP contribution is -2.31. The van der Waals surface area contributed by atoms with E-state index in [0.29, 0.717) is 13.1 Å². The van der Waals surface area contributed by atoms with Crippen LogP contribution in [0.25, 0.3) is 5.57 Å². The quantitative estimate of drug-likeness (QED) is 0.862. The Hall–Kier alpha value is -2.46. The van der Waals surface area contributed by atoms with Crippen LogP contribution in [0.4, 0.5) is 10.1 Å². The van der Waals surface area contributed by atoms with Gasteiger partial charge in [-0.25, -0.2) is 4.39 Å². The van der Waals surface area contributed by atoms with Crippen molar-refractivity contribution in [1.29, 1.82) is 0 Å². The molecule has 4 heteroatoms. The number of allylic oxidation sites excluding steroid dienone is 1. The number of benzene rings is 2. The maximum absolute atomic E-state index is 12.9. The van der Waals surface area contributed by atoms with Gasteiger partial charge in [0.05, 0.1) is 5.69 Å². The highest BCUT2D eigenvalue weighted by molar-refractivity contribution is 6.32. The summed E-state index contributed by atoms with van der Waals surface area (Å²) in [7, 11) is 0. The molecule has 0 aromatic heterocycles. The molecule has 0 atom stereocenters. The number of carbonyl (C=O) groups excluding carboxylic acids is 1. The molecule has 0 radical (unpaired) electrons. The number of aryl methyl sites for hydroxylation is 1. The van der Waals surface area contributed by atoms with Crippen molar-refractivity contribution in [3.05, 3.63) is 71.6 Å². The van der Waals surface area contributed by atoms with E-state index in [9.17, 15) is 9.18 Å². The normalized spacial score (nSPS) is 15.3. The molecule has 23 heavy (non-hydrogen) atoms. The molecule has 0 saturated heterocycles. The summed E-state index contributed by atoms with van der Waals surface area (Å²) < 4.78 is 12.9. The lowest BCUT2D eigenvalue weighted by atomic mass is 10.0. The summed E-state index contributed by atoms with van der Waals surface area (Å²) in [5.74, 6) is -0.222. The van der Waals surface area contributed by atoms with Gasteiger partial charge in [0, 0.05) is 24.2 Å². The molecular formula is C19H19FN2O. The molecule has 1 aliphatic rings. The van der Waals surface area contributed by atoms with E-state index in [-0.39, 0.29) is 11.7 Å². The van der Waals surface area contributed by atoms with Crippen molar-refractivity contribution in [1.82, 2.24) is 0 Å². The molecule has 2 aromatic carbocycles. The lowest BCUT2D eigenvalue weighted by molar-refractivity contribution is -0.113. The maximum atomic E-state index is 12.9. The van der Waals surface area contributed by atoms with Crippen molar-refractivity contribution >= 4 is 17.2 Å². The summed E-state index contributed by atoms with van der Waals surface area (Å²) in [6, 6.07) is 14.3. The van der Waals surface area contributed by atoms with E-state index in [1.54, 1.807) is 17.0 Å². The number of nitrogens with two attached hydrogens (primary N) is 1. The minimum absolute atomic E-state index is 0.00996. The number of para-hydroxylation sites is 1. The van der Waals surface area contributed by atoms with E-state index in [4.69, 9.17) is 5.73 Å². The Morgan fingerprint density at radius 1 is 1.09 bits per heavy atom. The highest BCUT2D eigenvalue weighted by Crippen LogP contribution is 2.36. The number of halogens is 1. The van der Waals surface area contributed by atoms with Crippen molar-refractivity contribution in [2.24, 2.45) is 5.73 Å². The van der Waals surface area contributed by atoms with E-state index < -0.39 is 0 Å². The van der Waals surface area contributed by atoms with Crippen LogP contribution in [0.5, 0.6) is 0 Å². The average molecular weight is 310 g/mol. The van der Waals surface area contributed by atoms with Crippen LogP contribution in [-0.4, -0.2) is 19.0 Å². The second kappa shape index (κ2) is 6.75. The first-order valence-corrected chi connectivity index (χ1v) is 7.76. The SMILES string of the molecule is NCCN1C(=O)/C(=C/CCc2ccc(F)cc2)c2ccccc21. The van der Waals surface area contributed by atoms with Crippen molar-refractivity contribution in [3.63, 3.8) is 0 Å². The van der Waals surface area contributed by atoms with Crippen LogP contribution in [0, 0.1) is 5.82 Å². The molecule has 3 rings (SSSR count). The topological polar surface area (TPSA) is 46.3 Å². The zero-order valence-electron chi connectivity index (χ0n) is 12.8. The molecule has 1 amide bonds. The van der Waals surface area contributed by atoms with Gasteiger partial charge in [0.1, 0.15) is 5.82 Å². The number of hydrogen-bond acceptors (Lipinski definition) is 2. The van der Waals surface area contributed by atoms with E-state index in [1.165, 1.54) is 12.1 Å². The Labute approximate surface area is 135 Å². The summed E-state index contributed by atoms with van der Waals surface area (Å²) in [6.45, 7) is 0.952. The van der Waals surface area contributed by atoms with E-state index in [0.717, 1.165) is 35.2 Å². The number of carbonyl (C=O) groups is 1. The van der Waals surface area contributed by atoms with E-state index in [1.807, 2.05) is 30.3 Å².